The lowest BCUT2D eigenvalue weighted by molar-refractivity contribution is -0.144. The molecule has 4 unspecified atom stereocenters. The second kappa shape index (κ2) is 7.60. The summed E-state index contributed by atoms with van der Waals surface area (Å²) in [6.07, 6.45) is 2.46. The van der Waals surface area contributed by atoms with Gasteiger partial charge in [-0.1, -0.05) is 12.2 Å². The van der Waals surface area contributed by atoms with Gasteiger partial charge in [-0.25, -0.2) is 4.98 Å². The number of carbonyl (C=O) groups is 3. The smallest absolute Gasteiger partial charge is 0.356 e. The van der Waals surface area contributed by atoms with Gasteiger partial charge in [0.2, 0.25) is 17.7 Å². The van der Waals surface area contributed by atoms with Gasteiger partial charge in [-0.15, -0.1) is 0 Å². The summed E-state index contributed by atoms with van der Waals surface area (Å²) in [7, 11) is 0. The lowest BCUT2D eigenvalue weighted by Crippen LogP contribution is -2.48. The molecule has 4 aliphatic rings. The number of fused-ring (bicyclic) bond motifs is 5. The normalized spacial score (nSPS) is 29.7. The molecule has 0 aromatic carbocycles. The van der Waals surface area contributed by atoms with Gasteiger partial charge in [0.05, 0.1) is 17.4 Å². The Kier molecular flexibility index (Phi) is 4.98. The average molecular weight is 448 g/mol. The number of anilines is 1. The van der Waals surface area contributed by atoms with Crippen LogP contribution in [0.1, 0.15) is 24.8 Å². The lowest BCUT2D eigenvalue weighted by atomic mass is 9.85. The van der Waals surface area contributed by atoms with Crippen LogP contribution in [0, 0.1) is 23.7 Å². The van der Waals surface area contributed by atoms with Gasteiger partial charge in [0.15, 0.2) is 0 Å². The molecule has 32 heavy (non-hydrogen) atoms. The Morgan fingerprint density at radius 1 is 1.06 bits per heavy atom. The minimum absolute atomic E-state index is 0.109. The van der Waals surface area contributed by atoms with Crippen molar-refractivity contribution >= 4 is 23.5 Å². The molecule has 2 bridgehead atoms. The first-order valence-corrected chi connectivity index (χ1v) is 10.8. The maximum Gasteiger partial charge on any atom is 0.417 e. The fraction of sp³-hybridized carbons (Fsp3) is 0.545. The Morgan fingerprint density at radius 2 is 1.69 bits per heavy atom. The van der Waals surface area contributed by atoms with Gasteiger partial charge < -0.3 is 10.2 Å². The molecule has 4 atom stereocenters. The molecule has 3 heterocycles. The van der Waals surface area contributed by atoms with E-state index in [1.165, 1.54) is 6.07 Å². The van der Waals surface area contributed by atoms with E-state index >= 15 is 0 Å². The average Bonchev–Trinajstić information content (AvgIpc) is 3.44. The standard InChI is InChI=1S/C22H23F3N4O3/c23-22(24,25)14-3-4-16(26-10-14)28-7-5-15(6-8-28)27-17(30)11-29-20(31)18-12-1-2-13(9-12)19(18)21(29)32/h1-4,10,12-13,15,18-19H,5-9,11H2,(H,27,30). The number of halogens is 3. The number of nitrogens with one attached hydrogen (secondary N) is 1. The SMILES string of the molecule is O=C(CN1C(=O)C2C3C=CC(C3)C2C1=O)NC1CCN(c2ccc(C(F)(F)F)cn2)CC1. The Balaban J connectivity index is 1.12. The minimum Gasteiger partial charge on any atom is -0.356 e. The van der Waals surface area contributed by atoms with Crippen molar-refractivity contribution in [3.8, 4) is 0 Å². The summed E-state index contributed by atoms with van der Waals surface area (Å²) >= 11 is 0. The highest BCUT2D eigenvalue weighted by molar-refractivity contribution is 6.08. The predicted molar refractivity (Wildman–Crippen MR) is 107 cm³/mol. The van der Waals surface area contributed by atoms with Crippen molar-refractivity contribution in [3.63, 3.8) is 0 Å². The van der Waals surface area contributed by atoms with Gasteiger partial charge in [0, 0.05) is 25.3 Å². The van der Waals surface area contributed by atoms with Crippen LogP contribution in [0.25, 0.3) is 0 Å². The van der Waals surface area contributed by atoms with Crippen molar-refractivity contribution in [2.75, 3.05) is 24.5 Å². The molecule has 0 spiro atoms. The summed E-state index contributed by atoms with van der Waals surface area (Å²) in [5, 5.41) is 2.90. The Bertz CT molecular complexity index is 940. The maximum absolute atomic E-state index is 12.7. The maximum atomic E-state index is 12.7. The topological polar surface area (TPSA) is 82.6 Å². The second-order valence-electron chi connectivity index (χ2n) is 8.99. The van der Waals surface area contributed by atoms with Crippen LogP contribution in [0.15, 0.2) is 30.5 Å². The molecule has 1 saturated carbocycles. The zero-order chi connectivity index (χ0) is 22.6. The monoisotopic (exact) mass is 448 g/mol. The highest BCUT2D eigenvalue weighted by atomic mass is 19.4. The number of pyridine rings is 1. The van der Waals surface area contributed by atoms with Crippen LogP contribution in [0.2, 0.25) is 0 Å². The molecule has 5 rings (SSSR count). The molecule has 3 amide bonds. The van der Waals surface area contributed by atoms with Crippen LogP contribution in [-0.4, -0.2) is 53.3 Å². The van der Waals surface area contributed by atoms with Crippen molar-refractivity contribution in [2.45, 2.75) is 31.5 Å². The van der Waals surface area contributed by atoms with E-state index in [2.05, 4.69) is 10.3 Å². The molecule has 3 fully saturated rings. The second-order valence-corrected chi connectivity index (χ2v) is 8.99. The highest BCUT2D eigenvalue weighted by Gasteiger charge is 2.59. The van der Waals surface area contributed by atoms with Crippen molar-refractivity contribution in [1.29, 1.82) is 0 Å². The number of alkyl halides is 3. The summed E-state index contributed by atoms with van der Waals surface area (Å²) in [6.45, 7) is 0.804. The van der Waals surface area contributed by atoms with Crippen LogP contribution in [0.3, 0.4) is 0 Å². The van der Waals surface area contributed by atoms with Gasteiger partial charge in [0.1, 0.15) is 12.4 Å². The van der Waals surface area contributed by atoms with Crippen LogP contribution in [-0.2, 0) is 20.6 Å². The molecule has 7 nitrogen and oxygen atoms in total. The number of piperidine rings is 1. The number of nitrogens with zero attached hydrogens (tertiary/aromatic N) is 3. The molecule has 0 radical (unpaired) electrons. The number of allylic oxidation sites excluding steroid dienone is 2. The number of hydrogen-bond donors (Lipinski definition) is 1. The molecule has 170 valence electrons. The Morgan fingerprint density at radius 3 is 2.22 bits per heavy atom. The predicted octanol–water partition coefficient (Wildman–Crippen LogP) is 1.99. The zero-order valence-electron chi connectivity index (χ0n) is 17.2. The number of amides is 3. The molecule has 1 aromatic heterocycles. The summed E-state index contributed by atoms with van der Waals surface area (Å²) in [5.74, 6) is -0.792. The van der Waals surface area contributed by atoms with Crippen LogP contribution in [0.4, 0.5) is 19.0 Å². The number of carbonyl (C=O) groups excluding carboxylic acids is 3. The Labute approximate surface area is 182 Å². The summed E-state index contributed by atoms with van der Waals surface area (Å²) in [5.41, 5.74) is -0.790. The van der Waals surface area contributed by atoms with E-state index in [1.54, 1.807) is 0 Å². The molecule has 2 saturated heterocycles. The quantitative estimate of drug-likeness (QED) is 0.563. The molecule has 1 N–H and O–H groups in total. The highest BCUT2D eigenvalue weighted by Crippen LogP contribution is 2.52. The molecular formula is C22H23F3N4O3. The fourth-order valence-electron chi connectivity index (χ4n) is 5.53. The van der Waals surface area contributed by atoms with Gasteiger partial charge >= 0.3 is 6.18 Å². The van der Waals surface area contributed by atoms with E-state index in [-0.39, 0.29) is 54.0 Å². The van der Waals surface area contributed by atoms with E-state index in [9.17, 15) is 27.6 Å². The molecule has 2 aliphatic heterocycles. The third kappa shape index (κ3) is 3.55. The zero-order valence-corrected chi connectivity index (χ0v) is 17.2. The molecular weight excluding hydrogens is 425 g/mol. The van der Waals surface area contributed by atoms with E-state index < -0.39 is 11.7 Å². The first-order valence-electron chi connectivity index (χ1n) is 10.8. The van der Waals surface area contributed by atoms with E-state index in [0.29, 0.717) is 31.7 Å². The fourth-order valence-corrected chi connectivity index (χ4v) is 5.53. The first-order chi connectivity index (χ1) is 15.2. The molecule has 10 heteroatoms. The van der Waals surface area contributed by atoms with Crippen molar-refractivity contribution in [2.24, 2.45) is 23.7 Å². The van der Waals surface area contributed by atoms with E-state index in [0.717, 1.165) is 23.6 Å². The van der Waals surface area contributed by atoms with Crippen molar-refractivity contribution in [3.05, 3.63) is 36.0 Å². The van der Waals surface area contributed by atoms with Gasteiger partial charge in [-0.2, -0.15) is 13.2 Å². The van der Waals surface area contributed by atoms with E-state index in [4.69, 9.17) is 0 Å². The van der Waals surface area contributed by atoms with E-state index in [1.807, 2.05) is 17.1 Å². The lowest BCUT2D eigenvalue weighted by Gasteiger charge is -2.33. The van der Waals surface area contributed by atoms with Crippen LogP contribution >= 0.6 is 0 Å². The first kappa shape index (κ1) is 21.0. The number of aromatic nitrogens is 1. The number of hydrogen-bond acceptors (Lipinski definition) is 5. The van der Waals surface area contributed by atoms with Crippen LogP contribution < -0.4 is 10.2 Å². The molecule has 2 aliphatic carbocycles. The van der Waals surface area contributed by atoms with Gasteiger partial charge in [-0.05, 0) is 43.2 Å². The number of likely N-dealkylation sites (tertiary alicyclic amines) is 1. The molecule has 1 aromatic rings. The third-order valence-electron chi connectivity index (χ3n) is 7.12. The third-order valence-corrected chi connectivity index (χ3v) is 7.12. The van der Waals surface area contributed by atoms with Gasteiger partial charge in [0.25, 0.3) is 0 Å². The number of imide groups is 1. The summed E-state index contributed by atoms with van der Waals surface area (Å²) in [4.78, 5) is 44.9. The minimum atomic E-state index is -4.42. The summed E-state index contributed by atoms with van der Waals surface area (Å²) < 4.78 is 38.1. The largest absolute Gasteiger partial charge is 0.417 e. The Hall–Kier alpha value is -2.91. The van der Waals surface area contributed by atoms with Crippen LogP contribution in [0.5, 0.6) is 0 Å². The summed E-state index contributed by atoms with van der Waals surface area (Å²) in [6, 6.07) is 2.24. The van der Waals surface area contributed by atoms with Crippen molar-refractivity contribution in [1.82, 2.24) is 15.2 Å². The van der Waals surface area contributed by atoms with Gasteiger partial charge in [-0.3, -0.25) is 19.3 Å². The number of rotatable bonds is 4. The van der Waals surface area contributed by atoms with Crippen molar-refractivity contribution < 1.29 is 27.6 Å².